The first-order chi connectivity index (χ1) is 10.0. The normalized spacial score (nSPS) is 16.4. The monoisotopic (exact) mass is 291 g/mol. The number of hydrogen-bond donors (Lipinski definition) is 0. The van der Waals surface area contributed by atoms with Gasteiger partial charge in [-0.1, -0.05) is 18.2 Å². The standard InChI is InChI=1S/C15H14FNO4/c1-3-8-15(9-16,14(20)21-2)17-12(18)10-6-4-5-7-11(10)13(17)19/h3-7H,1,8-9H2,2H3. The van der Waals surface area contributed by atoms with E-state index >= 15 is 0 Å². The number of benzene rings is 1. The van der Waals surface area contributed by atoms with Gasteiger partial charge in [-0.3, -0.25) is 14.5 Å². The molecule has 6 heteroatoms. The van der Waals surface area contributed by atoms with Gasteiger partial charge in [-0.25, -0.2) is 9.18 Å². The third kappa shape index (κ3) is 2.03. The number of amides is 2. The van der Waals surface area contributed by atoms with Crippen LogP contribution in [0.2, 0.25) is 0 Å². The topological polar surface area (TPSA) is 63.7 Å². The van der Waals surface area contributed by atoms with E-state index in [2.05, 4.69) is 11.3 Å². The van der Waals surface area contributed by atoms with Crippen molar-refractivity contribution in [2.45, 2.75) is 12.0 Å². The lowest BCUT2D eigenvalue weighted by atomic mass is 9.94. The van der Waals surface area contributed by atoms with Crippen LogP contribution in [0.4, 0.5) is 4.39 Å². The summed E-state index contributed by atoms with van der Waals surface area (Å²) in [6, 6.07) is 6.11. The Morgan fingerprint density at radius 2 is 1.86 bits per heavy atom. The molecule has 110 valence electrons. The molecule has 0 fully saturated rings. The number of hydrogen-bond acceptors (Lipinski definition) is 4. The first-order valence-electron chi connectivity index (χ1n) is 6.26. The molecule has 0 spiro atoms. The van der Waals surface area contributed by atoms with E-state index in [0.29, 0.717) is 4.90 Å². The molecular weight excluding hydrogens is 277 g/mol. The Hall–Kier alpha value is -2.50. The molecule has 1 aromatic rings. The minimum absolute atomic E-state index is 0.147. The number of carbonyl (C=O) groups is 3. The molecule has 1 atom stereocenters. The summed E-state index contributed by atoms with van der Waals surface area (Å²) < 4.78 is 18.3. The van der Waals surface area contributed by atoms with Gasteiger partial charge in [0.2, 0.25) is 0 Å². The van der Waals surface area contributed by atoms with Gasteiger partial charge in [-0.05, 0) is 12.1 Å². The van der Waals surface area contributed by atoms with Crippen molar-refractivity contribution >= 4 is 17.8 Å². The smallest absolute Gasteiger partial charge is 0.335 e. The molecule has 0 saturated heterocycles. The van der Waals surface area contributed by atoms with Crippen molar-refractivity contribution in [1.29, 1.82) is 0 Å². The van der Waals surface area contributed by atoms with Crippen LogP contribution < -0.4 is 0 Å². The number of esters is 1. The summed E-state index contributed by atoms with van der Waals surface area (Å²) in [6.45, 7) is 2.22. The maximum atomic E-state index is 13.7. The first-order valence-corrected chi connectivity index (χ1v) is 6.26. The summed E-state index contributed by atoms with van der Waals surface area (Å²) in [5.74, 6) is -2.40. The molecule has 0 radical (unpaired) electrons. The zero-order valence-electron chi connectivity index (χ0n) is 11.5. The summed E-state index contributed by atoms with van der Waals surface area (Å²) in [6.07, 6.45) is 1.06. The Bertz CT molecular complexity index is 593. The largest absolute Gasteiger partial charge is 0.467 e. The van der Waals surface area contributed by atoms with Gasteiger partial charge in [-0.15, -0.1) is 6.58 Å². The Kier molecular flexibility index (Phi) is 3.88. The highest BCUT2D eigenvalue weighted by molar-refractivity contribution is 6.23. The fraction of sp³-hybridized carbons (Fsp3) is 0.267. The molecule has 2 amide bonds. The lowest BCUT2D eigenvalue weighted by Crippen LogP contribution is -2.59. The third-order valence-electron chi connectivity index (χ3n) is 3.49. The summed E-state index contributed by atoms with van der Waals surface area (Å²) in [5.41, 5.74) is -1.72. The number of methoxy groups -OCH3 is 1. The van der Waals surface area contributed by atoms with E-state index in [1.807, 2.05) is 0 Å². The van der Waals surface area contributed by atoms with Crippen LogP contribution >= 0.6 is 0 Å². The van der Waals surface area contributed by atoms with Crippen LogP contribution in [0, 0.1) is 0 Å². The molecule has 1 aromatic carbocycles. The van der Waals surface area contributed by atoms with Gasteiger partial charge < -0.3 is 4.74 Å². The predicted octanol–water partition coefficient (Wildman–Crippen LogP) is 1.74. The molecule has 5 nitrogen and oxygen atoms in total. The Balaban J connectivity index is 2.58. The van der Waals surface area contributed by atoms with Crippen LogP contribution in [0.3, 0.4) is 0 Å². The fourth-order valence-electron chi connectivity index (χ4n) is 2.44. The van der Waals surface area contributed by atoms with Crippen LogP contribution in [-0.2, 0) is 9.53 Å². The zero-order valence-corrected chi connectivity index (χ0v) is 11.5. The summed E-state index contributed by atoms with van der Waals surface area (Å²) in [7, 11) is 1.08. The highest BCUT2D eigenvalue weighted by Crippen LogP contribution is 2.33. The molecule has 21 heavy (non-hydrogen) atoms. The minimum atomic E-state index is -2.01. The lowest BCUT2D eigenvalue weighted by molar-refractivity contribution is -0.153. The molecule has 1 heterocycles. The SMILES string of the molecule is C=CCC(CF)(C(=O)OC)N1C(=O)c2ccccc2C1=O. The average Bonchev–Trinajstić information content (AvgIpc) is 2.77. The van der Waals surface area contributed by atoms with Crippen molar-refractivity contribution in [1.82, 2.24) is 4.90 Å². The number of fused-ring (bicyclic) bond motifs is 1. The summed E-state index contributed by atoms with van der Waals surface area (Å²) in [5, 5.41) is 0. The number of alkyl halides is 1. The van der Waals surface area contributed by atoms with Crippen molar-refractivity contribution in [3.05, 3.63) is 48.0 Å². The van der Waals surface area contributed by atoms with E-state index < -0.39 is 30.0 Å². The van der Waals surface area contributed by atoms with Gasteiger partial charge in [-0.2, -0.15) is 0 Å². The molecule has 1 aliphatic rings. The van der Waals surface area contributed by atoms with E-state index in [-0.39, 0.29) is 17.5 Å². The number of halogens is 1. The number of nitrogens with zero attached hydrogens (tertiary/aromatic N) is 1. The highest BCUT2D eigenvalue weighted by atomic mass is 19.1. The molecule has 0 N–H and O–H groups in total. The second-order valence-corrected chi connectivity index (χ2v) is 4.64. The molecule has 0 saturated carbocycles. The maximum Gasteiger partial charge on any atom is 0.335 e. The third-order valence-corrected chi connectivity index (χ3v) is 3.49. The van der Waals surface area contributed by atoms with Crippen molar-refractivity contribution in [2.24, 2.45) is 0 Å². The van der Waals surface area contributed by atoms with Crippen LogP contribution in [0.1, 0.15) is 27.1 Å². The first kappa shape index (κ1) is 14.9. The van der Waals surface area contributed by atoms with Gasteiger partial charge in [0.15, 0.2) is 5.54 Å². The number of carbonyl (C=O) groups excluding carboxylic acids is 3. The molecule has 0 aromatic heterocycles. The fourth-order valence-corrected chi connectivity index (χ4v) is 2.44. The summed E-state index contributed by atoms with van der Waals surface area (Å²) >= 11 is 0. The van der Waals surface area contributed by atoms with Gasteiger partial charge >= 0.3 is 5.97 Å². The van der Waals surface area contributed by atoms with E-state index in [9.17, 15) is 18.8 Å². The summed E-state index contributed by atoms with van der Waals surface area (Å²) in [4.78, 5) is 37.5. The van der Waals surface area contributed by atoms with Crippen LogP contribution in [0.25, 0.3) is 0 Å². The number of rotatable bonds is 5. The molecular formula is C15H14FNO4. The molecule has 1 aliphatic heterocycles. The van der Waals surface area contributed by atoms with Gasteiger partial charge in [0.25, 0.3) is 11.8 Å². The van der Waals surface area contributed by atoms with Crippen molar-refractivity contribution in [2.75, 3.05) is 13.8 Å². The van der Waals surface area contributed by atoms with E-state index in [1.54, 1.807) is 12.1 Å². The maximum absolute atomic E-state index is 13.7. The van der Waals surface area contributed by atoms with Crippen molar-refractivity contribution in [3.8, 4) is 0 Å². The highest BCUT2D eigenvalue weighted by Gasteiger charge is 2.54. The van der Waals surface area contributed by atoms with E-state index in [1.165, 1.54) is 18.2 Å². The second-order valence-electron chi connectivity index (χ2n) is 4.64. The molecule has 2 rings (SSSR count). The van der Waals surface area contributed by atoms with Crippen molar-refractivity contribution < 1.29 is 23.5 Å². The predicted molar refractivity (Wildman–Crippen MR) is 72.5 cm³/mol. The lowest BCUT2D eigenvalue weighted by Gasteiger charge is -2.34. The Labute approximate surface area is 121 Å². The second kappa shape index (κ2) is 5.47. The molecule has 0 bridgehead atoms. The van der Waals surface area contributed by atoms with Crippen LogP contribution in [0.15, 0.2) is 36.9 Å². The zero-order chi connectivity index (χ0) is 15.6. The van der Waals surface area contributed by atoms with Gasteiger partial charge in [0.05, 0.1) is 18.2 Å². The van der Waals surface area contributed by atoms with Crippen LogP contribution in [0.5, 0.6) is 0 Å². The number of ether oxygens (including phenoxy) is 1. The number of imide groups is 1. The Morgan fingerprint density at radius 3 is 2.24 bits per heavy atom. The average molecular weight is 291 g/mol. The quantitative estimate of drug-likeness (QED) is 0.471. The minimum Gasteiger partial charge on any atom is -0.467 e. The molecule has 0 aliphatic carbocycles. The van der Waals surface area contributed by atoms with E-state index in [4.69, 9.17) is 0 Å². The van der Waals surface area contributed by atoms with E-state index in [0.717, 1.165) is 7.11 Å². The van der Waals surface area contributed by atoms with Gasteiger partial charge in [0.1, 0.15) is 6.67 Å². The van der Waals surface area contributed by atoms with Crippen molar-refractivity contribution in [3.63, 3.8) is 0 Å². The van der Waals surface area contributed by atoms with Crippen LogP contribution in [-0.4, -0.2) is 42.0 Å². The Morgan fingerprint density at radius 1 is 1.33 bits per heavy atom. The molecule has 1 unspecified atom stereocenters. The van der Waals surface area contributed by atoms with Gasteiger partial charge in [0, 0.05) is 6.42 Å².